The molecule has 0 aromatic heterocycles. The van der Waals surface area contributed by atoms with E-state index in [-0.39, 0.29) is 11.4 Å². The predicted molar refractivity (Wildman–Crippen MR) is 52.9 cm³/mol. The highest BCUT2D eigenvalue weighted by Gasteiger charge is 2.32. The molecule has 0 aromatic rings. The van der Waals surface area contributed by atoms with E-state index in [1.807, 2.05) is 0 Å². The van der Waals surface area contributed by atoms with E-state index in [0.717, 1.165) is 4.90 Å². The van der Waals surface area contributed by atoms with Crippen LogP contribution < -0.4 is 0 Å². The van der Waals surface area contributed by atoms with Crippen molar-refractivity contribution in [2.45, 2.75) is 17.4 Å². The first-order chi connectivity index (χ1) is 6.76. The number of rotatable bonds is 5. The van der Waals surface area contributed by atoms with Crippen LogP contribution in [0.2, 0.25) is 0 Å². The van der Waals surface area contributed by atoms with Crippen molar-refractivity contribution in [2.75, 3.05) is 27.3 Å². The van der Waals surface area contributed by atoms with Gasteiger partial charge >= 0.3 is 6.18 Å². The summed E-state index contributed by atoms with van der Waals surface area (Å²) in [5.74, 6) is -0.942. The molecule has 0 rings (SSSR count). The minimum Gasteiger partial charge on any atom is -0.383 e. The Labute approximate surface area is 94.7 Å². The second-order valence-corrected chi connectivity index (χ2v) is 4.41. The summed E-state index contributed by atoms with van der Waals surface area (Å²) in [5, 5.41) is 0. The van der Waals surface area contributed by atoms with Crippen LogP contribution in [0, 0.1) is 0 Å². The number of amides is 1. The van der Waals surface area contributed by atoms with E-state index in [9.17, 15) is 18.0 Å². The maximum atomic E-state index is 11.9. The molecule has 15 heavy (non-hydrogen) atoms. The third kappa shape index (κ3) is 7.61. The van der Waals surface area contributed by atoms with Gasteiger partial charge in [-0.25, -0.2) is 0 Å². The first-order valence-electron chi connectivity index (χ1n) is 4.20. The molecular formula is C8H13BrF3NO2. The number of methoxy groups -OCH3 is 1. The smallest absolute Gasteiger partial charge is 0.383 e. The minimum atomic E-state index is -4.45. The van der Waals surface area contributed by atoms with Gasteiger partial charge in [-0.1, -0.05) is 15.9 Å². The van der Waals surface area contributed by atoms with Crippen LogP contribution in [0.4, 0.5) is 13.2 Å². The van der Waals surface area contributed by atoms with Crippen molar-refractivity contribution < 1.29 is 22.7 Å². The van der Waals surface area contributed by atoms with E-state index in [4.69, 9.17) is 4.74 Å². The molecular weight excluding hydrogens is 279 g/mol. The van der Waals surface area contributed by atoms with Gasteiger partial charge in [0, 0.05) is 20.7 Å². The summed E-state index contributed by atoms with van der Waals surface area (Å²) in [4.78, 5) is 11.9. The van der Waals surface area contributed by atoms with Crippen molar-refractivity contribution in [2.24, 2.45) is 0 Å². The standard InChI is InChI=1S/C8H13BrF3NO2/c1-13(4-6(9)5-15-2)7(14)3-8(10,11)12/h6H,3-5H2,1-2H3. The summed E-state index contributed by atoms with van der Waals surface area (Å²) in [6.45, 7) is 0.520. The summed E-state index contributed by atoms with van der Waals surface area (Å²) < 4.78 is 40.4. The Balaban J connectivity index is 3.99. The SMILES string of the molecule is COCC(Br)CN(C)C(=O)CC(F)(F)F. The maximum absolute atomic E-state index is 11.9. The minimum absolute atomic E-state index is 0.162. The molecule has 0 spiro atoms. The van der Waals surface area contributed by atoms with Crippen molar-refractivity contribution in [3.8, 4) is 0 Å². The number of carbonyl (C=O) groups is 1. The summed E-state index contributed by atoms with van der Waals surface area (Å²) in [5.41, 5.74) is 0. The second-order valence-electron chi connectivity index (χ2n) is 3.12. The molecule has 0 fully saturated rings. The van der Waals surface area contributed by atoms with Gasteiger partial charge in [-0.3, -0.25) is 4.79 Å². The molecule has 0 aliphatic rings. The van der Waals surface area contributed by atoms with Crippen molar-refractivity contribution in [3.05, 3.63) is 0 Å². The molecule has 0 saturated carbocycles. The van der Waals surface area contributed by atoms with Crippen LogP contribution in [0.3, 0.4) is 0 Å². The predicted octanol–water partition coefficient (Wildman–Crippen LogP) is 1.81. The van der Waals surface area contributed by atoms with Gasteiger partial charge in [0.25, 0.3) is 0 Å². The monoisotopic (exact) mass is 291 g/mol. The first kappa shape index (κ1) is 14.7. The fraction of sp³-hybridized carbons (Fsp3) is 0.875. The van der Waals surface area contributed by atoms with Gasteiger partial charge < -0.3 is 9.64 Å². The Morgan fingerprint density at radius 1 is 1.53 bits per heavy atom. The molecule has 0 N–H and O–H groups in total. The number of ether oxygens (including phenoxy) is 1. The highest BCUT2D eigenvalue weighted by molar-refractivity contribution is 9.09. The van der Waals surface area contributed by atoms with Crippen molar-refractivity contribution in [3.63, 3.8) is 0 Å². The largest absolute Gasteiger partial charge is 0.397 e. The molecule has 1 atom stereocenters. The van der Waals surface area contributed by atoms with Crippen LogP contribution in [-0.4, -0.2) is 49.1 Å². The molecule has 0 heterocycles. The van der Waals surface area contributed by atoms with Crippen LogP contribution in [0.1, 0.15) is 6.42 Å². The zero-order valence-electron chi connectivity index (χ0n) is 8.47. The molecule has 0 radical (unpaired) electrons. The van der Waals surface area contributed by atoms with Gasteiger partial charge in [-0.05, 0) is 0 Å². The van der Waals surface area contributed by atoms with E-state index < -0.39 is 18.5 Å². The Bertz CT molecular complexity index is 211. The fourth-order valence-electron chi connectivity index (χ4n) is 0.939. The molecule has 0 saturated heterocycles. The number of carbonyl (C=O) groups excluding carboxylic acids is 1. The lowest BCUT2D eigenvalue weighted by molar-refractivity contribution is -0.160. The molecule has 1 unspecified atom stereocenters. The zero-order chi connectivity index (χ0) is 12.1. The van der Waals surface area contributed by atoms with Crippen molar-refractivity contribution in [1.82, 2.24) is 4.90 Å². The van der Waals surface area contributed by atoms with Crippen LogP contribution in [0.5, 0.6) is 0 Å². The number of alkyl halides is 4. The first-order valence-corrected chi connectivity index (χ1v) is 5.11. The topological polar surface area (TPSA) is 29.5 Å². The number of halogens is 4. The lowest BCUT2D eigenvalue weighted by atomic mass is 10.3. The molecule has 1 amide bonds. The Kier molecular flexibility index (Phi) is 6.19. The van der Waals surface area contributed by atoms with Crippen molar-refractivity contribution in [1.29, 1.82) is 0 Å². The van der Waals surface area contributed by atoms with E-state index >= 15 is 0 Å². The van der Waals surface area contributed by atoms with E-state index in [1.54, 1.807) is 0 Å². The highest BCUT2D eigenvalue weighted by Crippen LogP contribution is 2.20. The summed E-state index contributed by atoms with van der Waals surface area (Å²) in [6, 6.07) is 0. The lowest BCUT2D eigenvalue weighted by Crippen LogP contribution is -2.36. The van der Waals surface area contributed by atoms with Crippen LogP contribution in [0.25, 0.3) is 0 Å². The molecule has 3 nitrogen and oxygen atoms in total. The molecule has 0 aliphatic carbocycles. The molecule has 0 aromatic carbocycles. The van der Waals surface area contributed by atoms with Crippen LogP contribution >= 0.6 is 15.9 Å². The Morgan fingerprint density at radius 2 is 2.07 bits per heavy atom. The van der Waals surface area contributed by atoms with Crippen LogP contribution in [0.15, 0.2) is 0 Å². The van der Waals surface area contributed by atoms with Crippen LogP contribution in [-0.2, 0) is 9.53 Å². The molecule has 0 aliphatic heterocycles. The van der Waals surface area contributed by atoms with Gasteiger partial charge in [0.1, 0.15) is 6.42 Å². The number of hydrogen-bond donors (Lipinski definition) is 0. The zero-order valence-corrected chi connectivity index (χ0v) is 10.1. The van der Waals surface area contributed by atoms with E-state index in [0.29, 0.717) is 6.61 Å². The summed E-state index contributed by atoms with van der Waals surface area (Å²) in [7, 11) is 2.81. The highest BCUT2D eigenvalue weighted by atomic mass is 79.9. The lowest BCUT2D eigenvalue weighted by Gasteiger charge is -2.20. The van der Waals surface area contributed by atoms with Crippen molar-refractivity contribution >= 4 is 21.8 Å². The summed E-state index contributed by atoms with van der Waals surface area (Å²) >= 11 is 3.19. The quantitative estimate of drug-likeness (QED) is 0.723. The normalized spacial score (nSPS) is 13.7. The van der Waals surface area contributed by atoms with Gasteiger partial charge in [0.2, 0.25) is 5.91 Å². The molecule has 7 heteroatoms. The average Bonchev–Trinajstić information content (AvgIpc) is 2.00. The number of hydrogen-bond acceptors (Lipinski definition) is 2. The molecule has 0 bridgehead atoms. The van der Waals surface area contributed by atoms with Gasteiger partial charge in [0.05, 0.1) is 11.4 Å². The third-order valence-corrected chi connectivity index (χ3v) is 2.15. The Morgan fingerprint density at radius 3 is 2.47 bits per heavy atom. The van der Waals surface area contributed by atoms with Gasteiger partial charge in [-0.2, -0.15) is 13.2 Å². The van der Waals surface area contributed by atoms with E-state index in [1.165, 1.54) is 14.2 Å². The third-order valence-electron chi connectivity index (χ3n) is 1.60. The summed E-state index contributed by atoms with van der Waals surface area (Å²) in [6.07, 6.45) is -5.87. The number of nitrogens with zero attached hydrogens (tertiary/aromatic N) is 1. The second kappa shape index (κ2) is 6.32. The van der Waals surface area contributed by atoms with Gasteiger partial charge in [-0.15, -0.1) is 0 Å². The molecule has 90 valence electrons. The Hall–Kier alpha value is -0.300. The fourth-order valence-corrected chi connectivity index (χ4v) is 1.64. The average molecular weight is 292 g/mol. The maximum Gasteiger partial charge on any atom is 0.397 e. The van der Waals surface area contributed by atoms with Gasteiger partial charge in [0.15, 0.2) is 0 Å². The van der Waals surface area contributed by atoms with E-state index in [2.05, 4.69) is 15.9 Å².